The summed E-state index contributed by atoms with van der Waals surface area (Å²) < 4.78 is 10.6. The molecule has 5 nitrogen and oxygen atoms in total. The van der Waals surface area contributed by atoms with Crippen LogP contribution in [0.5, 0.6) is 5.75 Å². The van der Waals surface area contributed by atoms with Crippen molar-refractivity contribution in [2.24, 2.45) is 0 Å². The first kappa shape index (κ1) is 15.4. The van der Waals surface area contributed by atoms with Crippen LogP contribution in [-0.4, -0.2) is 18.2 Å². The zero-order valence-electron chi connectivity index (χ0n) is 13.9. The number of benzene rings is 2. The van der Waals surface area contributed by atoms with Crippen molar-refractivity contribution in [3.05, 3.63) is 66.4 Å². The first-order chi connectivity index (χ1) is 12.2. The van der Waals surface area contributed by atoms with Crippen molar-refractivity contribution in [1.82, 2.24) is 5.16 Å². The van der Waals surface area contributed by atoms with Crippen LogP contribution in [0, 0.1) is 0 Å². The molecule has 4 rings (SSSR count). The second-order valence-electron chi connectivity index (χ2n) is 6.21. The topological polar surface area (TPSA) is 64.4 Å². The molecule has 2 aromatic carbocycles. The van der Waals surface area contributed by atoms with Crippen LogP contribution in [0.15, 0.2) is 65.2 Å². The molecule has 0 unspecified atom stereocenters. The summed E-state index contributed by atoms with van der Waals surface area (Å²) in [6, 6.07) is 18.9. The Labute approximate surface area is 145 Å². The van der Waals surface area contributed by atoms with Gasteiger partial charge in [0.15, 0.2) is 5.76 Å². The van der Waals surface area contributed by atoms with Gasteiger partial charge in [0.2, 0.25) is 5.91 Å². The van der Waals surface area contributed by atoms with E-state index in [1.165, 1.54) is 0 Å². The molecule has 5 heteroatoms. The molecule has 1 saturated carbocycles. The number of carbonyl (C=O) groups excluding carboxylic acids is 1. The smallest absolute Gasteiger partial charge is 0.236 e. The fourth-order valence-electron chi connectivity index (χ4n) is 2.89. The van der Waals surface area contributed by atoms with E-state index < -0.39 is 5.41 Å². The number of aromatic nitrogens is 1. The van der Waals surface area contributed by atoms with Crippen molar-refractivity contribution in [1.29, 1.82) is 0 Å². The molecule has 1 N–H and O–H groups in total. The minimum absolute atomic E-state index is 0.0504. The summed E-state index contributed by atoms with van der Waals surface area (Å²) >= 11 is 0. The van der Waals surface area contributed by atoms with Gasteiger partial charge < -0.3 is 14.6 Å². The molecule has 0 bridgehead atoms. The molecule has 0 atom stereocenters. The number of hydrogen-bond acceptors (Lipinski definition) is 4. The highest BCUT2D eigenvalue weighted by Gasteiger charge is 2.53. The molecule has 0 spiro atoms. The van der Waals surface area contributed by atoms with Gasteiger partial charge >= 0.3 is 0 Å². The second-order valence-corrected chi connectivity index (χ2v) is 6.21. The zero-order chi connectivity index (χ0) is 17.3. The number of amides is 1. The maximum atomic E-state index is 12.8. The standard InChI is InChI=1S/C20H18N2O3/c1-24-16-9-7-15(8-10-16)21-19(23)20(11-12-20)18-13-17(25-22-18)14-5-3-2-4-6-14/h2-10,13H,11-12H2,1H3,(H,21,23). The van der Waals surface area contributed by atoms with Crippen LogP contribution < -0.4 is 10.1 Å². The van der Waals surface area contributed by atoms with Gasteiger partial charge in [0.1, 0.15) is 5.75 Å². The lowest BCUT2D eigenvalue weighted by atomic mass is 10.00. The molecule has 25 heavy (non-hydrogen) atoms. The Morgan fingerprint density at radius 2 is 1.84 bits per heavy atom. The number of carbonyl (C=O) groups is 1. The normalized spacial score (nSPS) is 14.8. The highest BCUT2D eigenvalue weighted by molar-refractivity contribution is 6.01. The molecule has 1 aliphatic rings. The Hall–Kier alpha value is -3.08. The lowest BCUT2D eigenvalue weighted by Gasteiger charge is -2.12. The minimum Gasteiger partial charge on any atom is -0.497 e. The zero-order valence-corrected chi connectivity index (χ0v) is 13.9. The van der Waals surface area contributed by atoms with E-state index in [2.05, 4.69) is 10.5 Å². The molecule has 0 radical (unpaired) electrons. The van der Waals surface area contributed by atoms with E-state index in [9.17, 15) is 4.79 Å². The average Bonchev–Trinajstić information content (AvgIpc) is 3.33. The third-order valence-corrected chi connectivity index (χ3v) is 4.59. The van der Waals surface area contributed by atoms with E-state index in [1.807, 2.05) is 60.7 Å². The molecule has 0 saturated heterocycles. The summed E-state index contributed by atoms with van der Waals surface area (Å²) in [5.41, 5.74) is 1.80. The van der Waals surface area contributed by atoms with Crippen molar-refractivity contribution in [2.75, 3.05) is 12.4 Å². The van der Waals surface area contributed by atoms with Crippen LogP contribution in [0.3, 0.4) is 0 Å². The molecule has 0 aliphatic heterocycles. The highest BCUT2D eigenvalue weighted by atomic mass is 16.5. The Bertz CT molecular complexity index is 881. The number of methoxy groups -OCH3 is 1. The molecule has 126 valence electrons. The molecule has 1 aliphatic carbocycles. The summed E-state index contributed by atoms with van der Waals surface area (Å²) in [7, 11) is 1.61. The van der Waals surface area contributed by atoms with Crippen LogP contribution >= 0.6 is 0 Å². The number of nitrogens with one attached hydrogen (secondary N) is 1. The Kier molecular flexibility index (Phi) is 3.76. The van der Waals surface area contributed by atoms with Crippen molar-refractivity contribution in [3.8, 4) is 17.1 Å². The summed E-state index contributed by atoms with van der Waals surface area (Å²) in [5, 5.41) is 7.13. The fraction of sp³-hybridized carbons (Fsp3) is 0.200. The Balaban J connectivity index is 1.53. The van der Waals surface area contributed by atoms with Gasteiger partial charge in [0.25, 0.3) is 0 Å². The molecule has 1 aromatic heterocycles. The van der Waals surface area contributed by atoms with E-state index in [-0.39, 0.29) is 5.91 Å². The van der Waals surface area contributed by atoms with Gasteiger partial charge in [0, 0.05) is 17.3 Å². The quantitative estimate of drug-likeness (QED) is 0.765. The van der Waals surface area contributed by atoms with E-state index in [1.54, 1.807) is 7.11 Å². The predicted molar refractivity (Wildman–Crippen MR) is 94.5 cm³/mol. The van der Waals surface area contributed by atoms with Crippen molar-refractivity contribution in [2.45, 2.75) is 18.3 Å². The van der Waals surface area contributed by atoms with Crippen molar-refractivity contribution in [3.63, 3.8) is 0 Å². The van der Waals surface area contributed by atoms with Crippen LogP contribution in [0.4, 0.5) is 5.69 Å². The van der Waals surface area contributed by atoms with E-state index in [0.29, 0.717) is 11.5 Å². The maximum absolute atomic E-state index is 12.8. The van der Waals surface area contributed by atoms with Gasteiger partial charge in [-0.25, -0.2) is 0 Å². The average molecular weight is 334 g/mol. The van der Waals surface area contributed by atoms with Gasteiger partial charge in [0.05, 0.1) is 18.2 Å². The van der Waals surface area contributed by atoms with Gasteiger partial charge in [-0.2, -0.15) is 0 Å². The van der Waals surface area contributed by atoms with E-state index in [0.717, 1.165) is 29.8 Å². The highest BCUT2D eigenvalue weighted by Crippen LogP contribution is 2.49. The van der Waals surface area contributed by atoms with Crippen LogP contribution in [0.25, 0.3) is 11.3 Å². The summed E-state index contributed by atoms with van der Waals surface area (Å²) in [6.07, 6.45) is 1.55. The fourth-order valence-corrected chi connectivity index (χ4v) is 2.89. The van der Waals surface area contributed by atoms with Crippen LogP contribution in [0.2, 0.25) is 0 Å². The van der Waals surface area contributed by atoms with Gasteiger partial charge in [-0.15, -0.1) is 0 Å². The third kappa shape index (κ3) is 2.89. The minimum atomic E-state index is -0.587. The van der Waals surface area contributed by atoms with E-state index >= 15 is 0 Å². The number of anilines is 1. The number of nitrogens with zero attached hydrogens (tertiary/aromatic N) is 1. The van der Waals surface area contributed by atoms with Crippen molar-refractivity contribution >= 4 is 11.6 Å². The lowest BCUT2D eigenvalue weighted by molar-refractivity contribution is -0.118. The van der Waals surface area contributed by atoms with Crippen LogP contribution in [-0.2, 0) is 10.2 Å². The van der Waals surface area contributed by atoms with Crippen LogP contribution in [0.1, 0.15) is 18.5 Å². The largest absolute Gasteiger partial charge is 0.497 e. The second kappa shape index (κ2) is 6.09. The third-order valence-electron chi connectivity index (χ3n) is 4.59. The summed E-state index contributed by atoms with van der Waals surface area (Å²) in [5.74, 6) is 1.38. The molecule has 1 heterocycles. The first-order valence-corrected chi connectivity index (χ1v) is 8.19. The molecule has 1 fully saturated rings. The lowest BCUT2D eigenvalue weighted by Crippen LogP contribution is -2.28. The number of rotatable bonds is 5. The predicted octanol–water partition coefficient (Wildman–Crippen LogP) is 4.02. The SMILES string of the molecule is COc1ccc(NC(=O)C2(c3cc(-c4ccccc4)on3)CC2)cc1. The first-order valence-electron chi connectivity index (χ1n) is 8.19. The Morgan fingerprint density at radius 3 is 2.48 bits per heavy atom. The monoisotopic (exact) mass is 334 g/mol. The maximum Gasteiger partial charge on any atom is 0.236 e. The van der Waals surface area contributed by atoms with Crippen molar-refractivity contribution < 1.29 is 14.1 Å². The number of hydrogen-bond donors (Lipinski definition) is 1. The molecular formula is C20H18N2O3. The summed E-state index contributed by atoms with van der Waals surface area (Å²) in [6.45, 7) is 0. The molecule has 3 aromatic rings. The summed E-state index contributed by atoms with van der Waals surface area (Å²) in [4.78, 5) is 12.8. The molecule has 1 amide bonds. The Morgan fingerprint density at radius 1 is 1.12 bits per heavy atom. The van der Waals surface area contributed by atoms with Gasteiger partial charge in [-0.05, 0) is 37.1 Å². The number of ether oxygens (including phenoxy) is 1. The molecular weight excluding hydrogens is 316 g/mol. The van der Waals surface area contributed by atoms with Gasteiger partial charge in [-0.3, -0.25) is 4.79 Å². The van der Waals surface area contributed by atoms with Gasteiger partial charge in [-0.1, -0.05) is 35.5 Å². The van der Waals surface area contributed by atoms with E-state index in [4.69, 9.17) is 9.26 Å².